The van der Waals surface area contributed by atoms with E-state index in [9.17, 15) is 0 Å². The van der Waals surface area contributed by atoms with Gasteiger partial charge in [-0.05, 0) is 6.92 Å². The molecule has 1 aliphatic rings. The van der Waals surface area contributed by atoms with Gasteiger partial charge in [0.15, 0.2) is 0 Å². The molecule has 12 heavy (non-hydrogen) atoms. The van der Waals surface area contributed by atoms with Crippen LogP contribution in [0.15, 0.2) is 23.0 Å². The number of nitriles is 2. The summed E-state index contributed by atoms with van der Waals surface area (Å²) < 4.78 is 0. The van der Waals surface area contributed by atoms with Gasteiger partial charge in [0, 0.05) is 25.4 Å². The number of rotatable bonds is 0. The Morgan fingerprint density at radius 2 is 2.08 bits per heavy atom. The molecule has 0 radical (unpaired) electrons. The zero-order valence-electron chi connectivity index (χ0n) is 7.13. The fourth-order valence-electron chi connectivity index (χ4n) is 1.10. The van der Waals surface area contributed by atoms with Crippen molar-refractivity contribution in [1.29, 1.82) is 10.5 Å². The lowest BCUT2D eigenvalue weighted by atomic mass is 10.0. The number of nitrogens with zero attached hydrogens (tertiary/aromatic N) is 3. The van der Waals surface area contributed by atoms with E-state index in [1.807, 2.05) is 14.0 Å². The summed E-state index contributed by atoms with van der Waals surface area (Å²) in [7, 11) is 1.84. The van der Waals surface area contributed by atoms with E-state index >= 15 is 0 Å². The second-order valence-corrected chi connectivity index (χ2v) is 2.73. The zero-order chi connectivity index (χ0) is 9.14. The molecule has 0 aromatic carbocycles. The molecule has 3 nitrogen and oxygen atoms in total. The van der Waals surface area contributed by atoms with E-state index in [0.29, 0.717) is 17.6 Å². The maximum absolute atomic E-state index is 8.72. The molecule has 1 heterocycles. The van der Waals surface area contributed by atoms with Crippen molar-refractivity contribution >= 4 is 0 Å². The van der Waals surface area contributed by atoms with E-state index in [0.717, 1.165) is 5.70 Å². The third kappa shape index (κ3) is 1.31. The highest BCUT2D eigenvalue weighted by atomic mass is 15.1. The average Bonchev–Trinajstić information content (AvgIpc) is 2.09. The Kier molecular flexibility index (Phi) is 2.16. The molecule has 1 aliphatic heterocycles. The number of allylic oxidation sites excluding steroid dienone is 3. The van der Waals surface area contributed by atoms with Crippen LogP contribution in [-0.4, -0.2) is 11.9 Å². The quantitative estimate of drug-likeness (QED) is 0.538. The lowest BCUT2D eigenvalue weighted by Crippen LogP contribution is -2.15. The lowest BCUT2D eigenvalue weighted by molar-refractivity contribution is 0.546. The summed E-state index contributed by atoms with van der Waals surface area (Å²) in [5, 5.41) is 17.4. The Balaban J connectivity index is 3.01. The highest BCUT2D eigenvalue weighted by molar-refractivity contribution is 5.40. The van der Waals surface area contributed by atoms with Crippen molar-refractivity contribution in [2.45, 2.75) is 13.3 Å². The average molecular weight is 159 g/mol. The van der Waals surface area contributed by atoms with Crippen LogP contribution in [0.1, 0.15) is 13.3 Å². The van der Waals surface area contributed by atoms with Crippen molar-refractivity contribution in [2.75, 3.05) is 7.05 Å². The molecule has 3 heteroatoms. The van der Waals surface area contributed by atoms with Crippen LogP contribution in [-0.2, 0) is 0 Å². The Morgan fingerprint density at radius 1 is 1.42 bits per heavy atom. The van der Waals surface area contributed by atoms with Gasteiger partial charge in [0.25, 0.3) is 0 Å². The summed E-state index contributed by atoms with van der Waals surface area (Å²) >= 11 is 0. The molecule has 0 fully saturated rings. The van der Waals surface area contributed by atoms with E-state index < -0.39 is 0 Å². The molecule has 0 atom stereocenters. The van der Waals surface area contributed by atoms with Crippen molar-refractivity contribution in [3.8, 4) is 12.1 Å². The molecule has 0 bridgehead atoms. The molecule has 0 unspecified atom stereocenters. The second-order valence-electron chi connectivity index (χ2n) is 2.73. The van der Waals surface area contributed by atoms with Gasteiger partial charge < -0.3 is 4.90 Å². The van der Waals surface area contributed by atoms with Crippen molar-refractivity contribution < 1.29 is 0 Å². The molecular formula is C9H9N3. The van der Waals surface area contributed by atoms with Crippen LogP contribution in [0.3, 0.4) is 0 Å². The minimum absolute atomic E-state index is 0.475. The maximum atomic E-state index is 8.72. The monoisotopic (exact) mass is 159 g/mol. The van der Waals surface area contributed by atoms with E-state index in [1.165, 1.54) is 0 Å². The van der Waals surface area contributed by atoms with Gasteiger partial charge in [-0.3, -0.25) is 0 Å². The Morgan fingerprint density at radius 3 is 2.58 bits per heavy atom. The molecule has 0 amide bonds. The van der Waals surface area contributed by atoms with Gasteiger partial charge in [-0.15, -0.1) is 0 Å². The van der Waals surface area contributed by atoms with Crippen LogP contribution in [0.4, 0.5) is 0 Å². The highest BCUT2D eigenvalue weighted by Crippen LogP contribution is 2.22. The third-order valence-electron chi connectivity index (χ3n) is 1.96. The predicted octanol–water partition coefficient (Wildman–Crippen LogP) is 1.53. The minimum atomic E-state index is 0.475. The first kappa shape index (κ1) is 8.36. The minimum Gasteiger partial charge on any atom is -0.353 e. The van der Waals surface area contributed by atoms with Crippen molar-refractivity contribution in [1.82, 2.24) is 4.90 Å². The topological polar surface area (TPSA) is 50.8 Å². The van der Waals surface area contributed by atoms with Crippen LogP contribution in [0.5, 0.6) is 0 Å². The summed E-state index contributed by atoms with van der Waals surface area (Å²) in [4.78, 5) is 1.81. The van der Waals surface area contributed by atoms with E-state index in [4.69, 9.17) is 10.5 Å². The van der Waals surface area contributed by atoms with Crippen molar-refractivity contribution in [2.24, 2.45) is 0 Å². The summed E-state index contributed by atoms with van der Waals surface area (Å²) in [6, 6.07) is 4.15. The predicted molar refractivity (Wildman–Crippen MR) is 44.4 cm³/mol. The second kappa shape index (κ2) is 3.11. The molecule has 0 spiro atoms. The normalized spacial score (nSPS) is 16.7. The first-order chi connectivity index (χ1) is 5.69. The zero-order valence-corrected chi connectivity index (χ0v) is 7.13. The van der Waals surface area contributed by atoms with Crippen LogP contribution in [0.2, 0.25) is 0 Å². The van der Waals surface area contributed by atoms with E-state index in [2.05, 4.69) is 12.1 Å². The highest BCUT2D eigenvalue weighted by Gasteiger charge is 2.13. The molecule has 0 aliphatic carbocycles. The molecule has 60 valence electrons. The largest absolute Gasteiger partial charge is 0.353 e. The molecule has 0 saturated heterocycles. The molecule has 0 N–H and O–H groups in total. The Bertz CT molecular complexity index is 336. The van der Waals surface area contributed by atoms with E-state index in [-0.39, 0.29) is 0 Å². The first-order valence-corrected chi connectivity index (χ1v) is 3.62. The van der Waals surface area contributed by atoms with Crippen LogP contribution >= 0.6 is 0 Å². The van der Waals surface area contributed by atoms with Crippen LogP contribution in [0.25, 0.3) is 0 Å². The fraction of sp³-hybridized carbons (Fsp3) is 0.333. The SMILES string of the molecule is CC1=C(C#N)CC(C#N)=CN1C. The molecule has 0 aromatic heterocycles. The summed E-state index contributed by atoms with van der Waals surface area (Å²) in [6.45, 7) is 1.88. The van der Waals surface area contributed by atoms with Gasteiger partial charge in [-0.25, -0.2) is 0 Å². The third-order valence-corrected chi connectivity index (χ3v) is 1.96. The summed E-state index contributed by atoms with van der Waals surface area (Å²) in [5.74, 6) is 0. The smallest absolute Gasteiger partial charge is 0.0969 e. The standard InChI is InChI=1S/C9H9N3/c1-7-9(5-11)3-8(4-10)6-12(7)2/h6H,3H2,1-2H3. The molecular weight excluding hydrogens is 150 g/mol. The molecule has 1 rings (SSSR count). The van der Waals surface area contributed by atoms with Crippen molar-refractivity contribution in [3.63, 3.8) is 0 Å². The van der Waals surface area contributed by atoms with Crippen LogP contribution < -0.4 is 0 Å². The van der Waals surface area contributed by atoms with Gasteiger partial charge in [-0.1, -0.05) is 0 Å². The maximum Gasteiger partial charge on any atom is 0.0969 e. The van der Waals surface area contributed by atoms with Crippen molar-refractivity contribution in [3.05, 3.63) is 23.0 Å². The van der Waals surface area contributed by atoms with E-state index in [1.54, 1.807) is 11.1 Å². The molecule has 0 saturated carbocycles. The molecule has 0 aromatic rings. The fourth-order valence-corrected chi connectivity index (χ4v) is 1.10. The Hall–Kier alpha value is -1.74. The Labute approximate surface area is 71.8 Å². The van der Waals surface area contributed by atoms with Gasteiger partial charge in [0.2, 0.25) is 0 Å². The van der Waals surface area contributed by atoms with Gasteiger partial charge in [-0.2, -0.15) is 10.5 Å². The number of hydrogen-bond donors (Lipinski definition) is 0. The summed E-state index contributed by atoms with van der Waals surface area (Å²) in [5.41, 5.74) is 2.24. The van der Waals surface area contributed by atoms with Crippen LogP contribution in [0, 0.1) is 22.7 Å². The van der Waals surface area contributed by atoms with Gasteiger partial charge in [0.05, 0.1) is 23.3 Å². The first-order valence-electron chi connectivity index (χ1n) is 3.62. The van der Waals surface area contributed by atoms with Gasteiger partial charge in [0.1, 0.15) is 0 Å². The number of hydrogen-bond acceptors (Lipinski definition) is 3. The lowest BCUT2D eigenvalue weighted by Gasteiger charge is -2.21. The van der Waals surface area contributed by atoms with Gasteiger partial charge >= 0.3 is 0 Å². The summed E-state index contributed by atoms with van der Waals surface area (Å²) in [6.07, 6.45) is 2.24.